The van der Waals surface area contributed by atoms with Crippen molar-refractivity contribution in [1.82, 2.24) is 20.0 Å². The average Bonchev–Trinajstić information content (AvgIpc) is 3.24. The van der Waals surface area contributed by atoms with Crippen LogP contribution in [-0.4, -0.2) is 32.5 Å². The molecule has 4 rings (SSSR count). The highest BCUT2D eigenvalue weighted by atomic mass is 16.5. The van der Waals surface area contributed by atoms with Crippen LogP contribution in [0.4, 0.5) is 0 Å². The highest BCUT2D eigenvalue weighted by Gasteiger charge is 2.34. The van der Waals surface area contributed by atoms with E-state index in [-0.39, 0.29) is 11.8 Å². The van der Waals surface area contributed by atoms with E-state index in [0.29, 0.717) is 31.2 Å². The maximum Gasteiger partial charge on any atom is 0.232 e. The van der Waals surface area contributed by atoms with Crippen molar-refractivity contribution in [2.24, 2.45) is 0 Å². The molecule has 1 fully saturated rings. The van der Waals surface area contributed by atoms with Crippen LogP contribution in [0.1, 0.15) is 23.8 Å². The summed E-state index contributed by atoms with van der Waals surface area (Å²) in [4.78, 5) is 22.6. The van der Waals surface area contributed by atoms with Crippen molar-refractivity contribution in [2.45, 2.75) is 18.9 Å². The van der Waals surface area contributed by atoms with Crippen molar-refractivity contribution < 1.29 is 9.32 Å². The molecule has 0 N–H and O–H groups in total. The number of carbonyl (C=O) groups is 1. The monoisotopic (exact) mass is 320 g/mol. The van der Waals surface area contributed by atoms with E-state index in [2.05, 4.69) is 15.1 Å². The van der Waals surface area contributed by atoms with Gasteiger partial charge in [0.15, 0.2) is 0 Å². The van der Waals surface area contributed by atoms with Crippen LogP contribution in [0.3, 0.4) is 0 Å². The molecule has 0 bridgehead atoms. The van der Waals surface area contributed by atoms with Crippen LogP contribution in [-0.2, 0) is 11.3 Å². The zero-order chi connectivity index (χ0) is 16.4. The number of amides is 1. The number of carbonyl (C=O) groups excluding carboxylic acids is 1. The number of rotatable bonds is 4. The van der Waals surface area contributed by atoms with Gasteiger partial charge in [0.25, 0.3) is 0 Å². The molecule has 6 nitrogen and oxygen atoms in total. The molecule has 1 aromatic carbocycles. The Morgan fingerprint density at radius 1 is 1.17 bits per heavy atom. The molecule has 120 valence electrons. The van der Waals surface area contributed by atoms with Crippen molar-refractivity contribution in [2.75, 3.05) is 6.54 Å². The molecule has 24 heavy (non-hydrogen) atoms. The lowest BCUT2D eigenvalue weighted by molar-refractivity contribution is -0.128. The summed E-state index contributed by atoms with van der Waals surface area (Å²) in [5, 5.41) is 4.01. The third-order valence-electron chi connectivity index (χ3n) is 4.14. The van der Waals surface area contributed by atoms with Gasteiger partial charge in [-0.3, -0.25) is 9.78 Å². The molecule has 1 aliphatic rings. The minimum Gasteiger partial charge on any atom is -0.339 e. The van der Waals surface area contributed by atoms with Gasteiger partial charge in [0.05, 0.1) is 5.92 Å². The molecule has 0 aliphatic carbocycles. The van der Waals surface area contributed by atoms with E-state index in [9.17, 15) is 4.79 Å². The zero-order valence-electron chi connectivity index (χ0n) is 13.0. The molecule has 1 amide bonds. The Morgan fingerprint density at radius 3 is 2.83 bits per heavy atom. The summed E-state index contributed by atoms with van der Waals surface area (Å²) in [6, 6.07) is 13.7. The van der Waals surface area contributed by atoms with Gasteiger partial charge in [0.1, 0.15) is 0 Å². The SMILES string of the molecule is O=C1CC(c2nc(-c3cccnc3)no2)CN1Cc1ccccc1. The molecule has 6 heteroatoms. The molecule has 1 unspecified atom stereocenters. The van der Waals surface area contributed by atoms with Gasteiger partial charge < -0.3 is 9.42 Å². The van der Waals surface area contributed by atoms with Crippen LogP contribution in [0.5, 0.6) is 0 Å². The Kier molecular flexibility index (Phi) is 3.78. The van der Waals surface area contributed by atoms with Crippen LogP contribution >= 0.6 is 0 Å². The summed E-state index contributed by atoms with van der Waals surface area (Å²) in [5.74, 6) is 1.08. The summed E-state index contributed by atoms with van der Waals surface area (Å²) in [6.07, 6.45) is 3.79. The molecule has 3 heterocycles. The van der Waals surface area contributed by atoms with E-state index in [1.54, 1.807) is 12.4 Å². The maximum atomic E-state index is 12.3. The second kappa shape index (κ2) is 6.23. The second-order valence-corrected chi connectivity index (χ2v) is 5.86. The molecule has 1 atom stereocenters. The Morgan fingerprint density at radius 2 is 2.04 bits per heavy atom. The molecule has 1 saturated heterocycles. The van der Waals surface area contributed by atoms with Crippen molar-refractivity contribution in [3.8, 4) is 11.4 Å². The summed E-state index contributed by atoms with van der Waals surface area (Å²) < 4.78 is 5.38. The zero-order valence-corrected chi connectivity index (χ0v) is 13.0. The molecule has 0 radical (unpaired) electrons. The fourth-order valence-corrected chi connectivity index (χ4v) is 2.91. The largest absolute Gasteiger partial charge is 0.339 e. The highest BCUT2D eigenvalue weighted by molar-refractivity contribution is 5.79. The lowest BCUT2D eigenvalue weighted by Crippen LogP contribution is -2.24. The van der Waals surface area contributed by atoms with Crippen LogP contribution in [0.15, 0.2) is 59.4 Å². The Balaban J connectivity index is 1.48. The number of aromatic nitrogens is 3. The van der Waals surface area contributed by atoms with Gasteiger partial charge in [-0.1, -0.05) is 35.5 Å². The number of likely N-dealkylation sites (tertiary alicyclic amines) is 1. The Hall–Kier alpha value is -3.02. The maximum absolute atomic E-state index is 12.3. The molecular weight excluding hydrogens is 304 g/mol. The molecule has 1 aliphatic heterocycles. The molecular formula is C18H16N4O2. The Labute approximate surface area is 139 Å². The topological polar surface area (TPSA) is 72.1 Å². The van der Waals surface area contributed by atoms with E-state index in [4.69, 9.17) is 4.52 Å². The van der Waals surface area contributed by atoms with Crippen molar-refractivity contribution >= 4 is 5.91 Å². The van der Waals surface area contributed by atoms with Gasteiger partial charge in [-0.25, -0.2) is 0 Å². The first kappa shape index (κ1) is 14.6. The third-order valence-corrected chi connectivity index (χ3v) is 4.14. The van der Waals surface area contributed by atoms with Crippen LogP contribution in [0.25, 0.3) is 11.4 Å². The van der Waals surface area contributed by atoms with Crippen LogP contribution < -0.4 is 0 Å². The standard InChI is InChI=1S/C18H16N4O2/c23-16-9-15(12-22(16)11-13-5-2-1-3-6-13)18-20-17(21-24-18)14-7-4-8-19-10-14/h1-8,10,15H,9,11-12H2. The summed E-state index contributed by atoms with van der Waals surface area (Å²) >= 11 is 0. The first-order valence-corrected chi connectivity index (χ1v) is 7.85. The normalized spacial score (nSPS) is 17.4. The van der Waals surface area contributed by atoms with Crippen LogP contribution in [0, 0.1) is 0 Å². The fraction of sp³-hybridized carbons (Fsp3) is 0.222. The van der Waals surface area contributed by atoms with Crippen molar-refractivity contribution in [1.29, 1.82) is 0 Å². The average molecular weight is 320 g/mol. The lowest BCUT2D eigenvalue weighted by Gasteiger charge is -2.15. The van der Waals surface area contributed by atoms with Gasteiger partial charge in [0.2, 0.25) is 17.6 Å². The van der Waals surface area contributed by atoms with E-state index >= 15 is 0 Å². The number of hydrogen-bond donors (Lipinski definition) is 0. The number of hydrogen-bond acceptors (Lipinski definition) is 5. The van der Waals surface area contributed by atoms with E-state index < -0.39 is 0 Å². The predicted octanol–water partition coefficient (Wildman–Crippen LogP) is 2.65. The van der Waals surface area contributed by atoms with E-state index in [1.165, 1.54) is 0 Å². The summed E-state index contributed by atoms with van der Waals surface area (Å²) in [7, 11) is 0. The summed E-state index contributed by atoms with van der Waals surface area (Å²) in [6.45, 7) is 1.21. The number of benzene rings is 1. The van der Waals surface area contributed by atoms with Crippen molar-refractivity contribution in [3.63, 3.8) is 0 Å². The highest BCUT2D eigenvalue weighted by Crippen LogP contribution is 2.29. The van der Waals surface area contributed by atoms with E-state index in [0.717, 1.165) is 11.1 Å². The minimum atomic E-state index is -0.0564. The van der Waals surface area contributed by atoms with Gasteiger partial charge in [-0.2, -0.15) is 4.98 Å². The quantitative estimate of drug-likeness (QED) is 0.739. The Bertz CT molecular complexity index is 832. The van der Waals surface area contributed by atoms with Crippen molar-refractivity contribution in [3.05, 3.63) is 66.3 Å². The lowest BCUT2D eigenvalue weighted by atomic mass is 10.1. The predicted molar refractivity (Wildman–Crippen MR) is 86.7 cm³/mol. The number of nitrogens with zero attached hydrogens (tertiary/aromatic N) is 4. The molecule has 3 aromatic rings. The second-order valence-electron chi connectivity index (χ2n) is 5.86. The van der Waals surface area contributed by atoms with Gasteiger partial charge in [-0.05, 0) is 17.7 Å². The minimum absolute atomic E-state index is 0.0564. The fourth-order valence-electron chi connectivity index (χ4n) is 2.91. The third kappa shape index (κ3) is 2.90. The molecule has 2 aromatic heterocycles. The van der Waals surface area contributed by atoms with Gasteiger partial charge >= 0.3 is 0 Å². The van der Waals surface area contributed by atoms with Gasteiger partial charge in [-0.15, -0.1) is 0 Å². The number of pyridine rings is 1. The first-order valence-electron chi connectivity index (χ1n) is 7.85. The van der Waals surface area contributed by atoms with E-state index in [1.807, 2.05) is 47.4 Å². The summed E-state index contributed by atoms with van der Waals surface area (Å²) in [5.41, 5.74) is 1.92. The smallest absolute Gasteiger partial charge is 0.232 e. The van der Waals surface area contributed by atoms with Crippen LogP contribution in [0.2, 0.25) is 0 Å². The van der Waals surface area contributed by atoms with Gasteiger partial charge in [0, 0.05) is 37.5 Å². The molecule has 0 saturated carbocycles. The molecule has 0 spiro atoms. The first-order chi connectivity index (χ1) is 11.8.